The Hall–Kier alpha value is -1.52. The van der Waals surface area contributed by atoms with Crippen LogP contribution < -0.4 is 0 Å². The molecule has 2 atom stereocenters. The number of hydrogen-bond donors (Lipinski definition) is 0. The predicted octanol–water partition coefficient (Wildman–Crippen LogP) is 3.10. The van der Waals surface area contributed by atoms with Crippen molar-refractivity contribution >= 4 is 0 Å². The lowest BCUT2D eigenvalue weighted by molar-refractivity contribution is 0.00768. The molecule has 2 rings (SSSR count). The molecule has 0 bridgehead atoms. The van der Waals surface area contributed by atoms with E-state index in [1.165, 1.54) is 5.56 Å². The summed E-state index contributed by atoms with van der Waals surface area (Å²) in [4.78, 5) is 0. The van der Waals surface area contributed by atoms with Crippen LogP contribution >= 0.6 is 0 Å². The number of benzene rings is 1. The molecular weight excluding hydrogens is 184 g/mol. The van der Waals surface area contributed by atoms with Crippen molar-refractivity contribution in [2.24, 2.45) is 0 Å². The maximum absolute atomic E-state index is 5.88. The van der Waals surface area contributed by atoms with Crippen molar-refractivity contribution in [1.29, 1.82) is 0 Å². The van der Waals surface area contributed by atoms with E-state index in [1.807, 2.05) is 18.2 Å². The summed E-state index contributed by atoms with van der Waals surface area (Å²) >= 11 is 0. The van der Waals surface area contributed by atoms with E-state index in [0.29, 0.717) is 6.42 Å². The fourth-order valence-electron chi connectivity index (χ4n) is 1.78. The van der Waals surface area contributed by atoms with Gasteiger partial charge in [0.15, 0.2) is 0 Å². The average Bonchev–Trinajstić information content (AvgIpc) is 2.31. The van der Waals surface area contributed by atoms with Gasteiger partial charge in [0.05, 0.1) is 12.2 Å². The molecule has 1 aromatic carbocycles. The van der Waals surface area contributed by atoms with Gasteiger partial charge in [0.1, 0.15) is 0 Å². The summed E-state index contributed by atoms with van der Waals surface area (Å²) in [6.07, 6.45) is 11.3. The molecule has 76 valence electrons. The van der Waals surface area contributed by atoms with Crippen LogP contribution in [0.3, 0.4) is 0 Å². The first kappa shape index (κ1) is 10.0. The quantitative estimate of drug-likeness (QED) is 0.524. The Labute approximate surface area is 90.8 Å². The molecular formula is C14H14O. The highest BCUT2D eigenvalue weighted by atomic mass is 16.5. The topological polar surface area (TPSA) is 9.23 Å². The fraction of sp³-hybridized carbons (Fsp3) is 0.286. The zero-order chi connectivity index (χ0) is 10.5. The number of rotatable bonds is 2. The van der Waals surface area contributed by atoms with Gasteiger partial charge in [0.25, 0.3) is 0 Å². The van der Waals surface area contributed by atoms with Gasteiger partial charge in [-0.1, -0.05) is 42.5 Å². The molecule has 1 aliphatic heterocycles. The monoisotopic (exact) mass is 198 g/mol. The standard InChI is InChI=1S/C14H14O/c1-2-7-13-10-6-11-14(15-13)12-8-4-3-5-9-12/h1,3-6,8-10,13-14H,7,11H2/t13-,14+/m1/s1. The molecule has 0 aromatic heterocycles. The minimum atomic E-state index is 0.0777. The maximum Gasteiger partial charge on any atom is 0.0873 e. The van der Waals surface area contributed by atoms with Crippen LogP contribution in [0.4, 0.5) is 0 Å². The molecule has 0 N–H and O–H groups in total. The molecule has 1 heteroatoms. The molecule has 1 nitrogen and oxygen atoms in total. The molecule has 0 saturated heterocycles. The first-order valence-electron chi connectivity index (χ1n) is 5.20. The lowest BCUT2D eigenvalue weighted by Gasteiger charge is -2.25. The predicted molar refractivity (Wildman–Crippen MR) is 61.3 cm³/mol. The van der Waals surface area contributed by atoms with Gasteiger partial charge in [0, 0.05) is 6.42 Å². The molecule has 0 radical (unpaired) electrons. The van der Waals surface area contributed by atoms with E-state index in [1.54, 1.807) is 0 Å². The van der Waals surface area contributed by atoms with Gasteiger partial charge in [-0.15, -0.1) is 12.3 Å². The second-order valence-electron chi connectivity index (χ2n) is 3.65. The van der Waals surface area contributed by atoms with E-state index < -0.39 is 0 Å². The highest BCUT2D eigenvalue weighted by Gasteiger charge is 2.18. The Morgan fingerprint density at radius 2 is 2.13 bits per heavy atom. The highest BCUT2D eigenvalue weighted by molar-refractivity contribution is 5.20. The summed E-state index contributed by atoms with van der Waals surface area (Å²) in [5.41, 5.74) is 1.23. The van der Waals surface area contributed by atoms with Crippen LogP contribution in [0.25, 0.3) is 0 Å². The second-order valence-corrected chi connectivity index (χ2v) is 3.65. The van der Waals surface area contributed by atoms with Gasteiger partial charge in [0.2, 0.25) is 0 Å². The van der Waals surface area contributed by atoms with Crippen LogP contribution in [0.2, 0.25) is 0 Å². The minimum absolute atomic E-state index is 0.0777. The third-order valence-electron chi connectivity index (χ3n) is 2.53. The number of hydrogen-bond acceptors (Lipinski definition) is 1. The van der Waals surface area contributed by atoms with Crippen LogP contribution in [0.5, 0.6) is 0 Å². The van der Waals surface area contributed by atoms with Gasteiger partial charge in [-0.05, 0) is 12.0 Å². The lowest BCUT2D eigenvalue weighted by atomic mass is 10.0. The summed E-state index contributed by atoms with van der Waals surface area (Å²) in [6.45, 7) is 0. The first-order chi connectivity index (χ1) is 7.40. The Kier molecular flexibility index (Phi) is 3.22. The zero-order valence-electron chi connectivity index (χ0n) is 8.60. The summed E-state index contributed by atoms with van der Waals surface area (Å²) < 4.78 is 5.88. The summed E-state index contributed by atoms with van der Waals surface area (Å²) in [5.74, 6) is 2.63. The lowest BCUT2D eigenvalue weighted by Crippen LogP contribution is -2.17. The zero-order valence-corrected chi connectivity index (χ0v) is 8.60. The van der Waals surface area contributed by atoms with Crippen molar-refractivity contribution < 1.29 is 4.74 Å². The van der Waals surface area contributed by atoms with Crippen molar-refractivity contribution in [3.05, 3.63) is 48.0 Å². The van der Waals surface area contributed by atoms with E-state index >= 15 is 0 Å². The van der Waals surface area contributed by atoms with Gasteiger partial charge < -0.3 is 4.74 Å². The third-order valence-corrected chi connectivity index (χ3v) is 2.53. The molecule has 1 aromatic rings. The Morgan fingerprint density at radius 3 is 2.87 bits per heavy atom. The molecule has 0 amide bonds. The molecule has 1 aliphatic rings. The van der Waals surface area contributed by atoms with E-state index in [2.05, 4.69) is 30.2 Å². The van der Waals surface area contributed by atoms with Gasteiger partial charge in [-0.3, -0.25) is 0 Å². The second kappa shape index (κ2) is 4.82. The van der Waals surface area contributed by atoms with E-state index in [-0.39, 0.29) is 12.2 Å². The third kappa shape index (κ3) is 2.49. The molecule has 0 saturated carbocycles. The minimum Gasteiger partial charge on any atom is -0.365 e. The van der Waals surface area contributed by atoms with Crippen LogP contribution in [-0.2, 0) is 4.74 Å². The summed E-state index contributed by atoms with van der Waals surface area (Å²) in [7, 11) is 0. The van der Waals surface area contributed by atoms with Gasteiger partial charge in [-0.25, -0.2) is 0 Å². The van der Waals surface area contributed by atoms with Gasteiger partial charge in [-0.2, -0.15) is 0 Å². The fourth-order valence-corrected chi connectivity index (χ4v) is 1.78. The molecule has 0 unspecified atom stereocenters. The van der Waals surface area contributed by atoms with Crippen molar-refractivity contribution in [2.75, 3.05) is 0 Å². The first-order valence-corrected chi connectivity index (χ1v) is 5.20. The SMILES string of the molecule is C#CC[C@@H]1C=CC[C@@H](c2ccccc2)O1. The molecule has 0 aliphatic carbocycles. The summed E-state index contributed by atoms with van der Waals surface area (Å²) in [6, 6.07) is 10.3. The Balaban J connectivity index is 2.08. The average molecular weight is 198 g/mol. The Morgan fingerprint density at radius 1 is 1.33 bits per heavy atom. The van der Waals surface area contributed by atoms with Gasteiger partial charge >= 0.3 is 0 Å². The van der Waals surface area contributed by atoms with Crippen LogP contribution in [0, 0.1) is 12.3 Å². The largest absolute Gasteiger partial charge is 0.365 e. The van der Waals surface area contributed by atoms with Crippen molar-refractivity contribution in [1.82, 2.24) is 0 Å². The van der Waals surface area contributed by atoms with Crippen molar-refractivity contribution in [3.63, 3.8) is 0 Å². The molecule has 1 heterocycles. The number of ether oxygens (including phenoxy) is 1. The summed E-state index contributed by atoms with van der Waals surface area (Å²) in [5, 5.41) is 0. The maximum atomic E-state index is 5.88. The molecule has 0 fully saturated rings. The van der Waals surface area contributed by atoms with Crippen LogP contribution in [0.1, 0.15) is 24.5 Å². The normalized spacial score (nSPS) is 24.7. The molecule has 0 spiro atoms. The Bertz CT molecular complexity index is 372. The highest BCUT2D eigenvalue weighted by Crippen LogP contribution is 2.27. The van der Waals surface area contributed by atoms with E-state index in [0.717, 1.165) is 6.42 Å². The smallest absolute Gasteiger partial charge is 0.0873 e. The van der Waals surface area contributed by atoms with Crippen LogP contribution in [-0.4, -0.2) is 6.10 Å². The van der Waals surface area contributed by atoms with Crippen LogP contribution in [0.15, 0.2) is 42.5 Å². The van der Waals surface area contributed by atoms with E-state index in [4.69, 9.17) is 11.2 Å². The number of terminal acetylenes is 1. The van der Waals surface area contributed by atoms with Crippen molar-refractivity contribution in [3.8, 4) is 12.3 Å². The van der Waals surface area contributed by atoms with E-state index in [9.17, 15) is 0 Å². The molecule has 15 heavy (non-hydrogen) atoms. The van der Waals surface area contributed by atoms with Crippen molar-refractivity contribution in [2.45, 2.75) is 25.0 Å².